The smallest absolute Gasteiger partial charge is 0.255 e. The number of hydrogen-bond donors (Lipinski definition) is 3. The monoisotopic (exact) mass is 445 g/mol. The quantitative estimate of drug-likeness (QED) is 0.545. The van der Waals surface area contributed by atoms with Gasteiger partial charge in [0.2, 0.25) is 0 Å². The van der Waals surface area contributed by atoms with Gasteiger partial charge in [0.1, 0.15) is 0 Å². The average molecular weight is 446 g/mol. The molecule has 0 atom stereocenters. The molecule has 0 spiro atoms. The predicted octanol–water partition coefficient (Wildman–Crippen LogP) is 5.03. The molecule has 0 unspecified atom stereocenters. The van der Waals surface area contributed by atoms with Crippen LogP contribution in [0.25, 0.3) is 0 Å². The van der Waals surface area contributed by atoms with Crippen LogP contribution in [0.3, 0.4) is 0 Å². The molecule has 0 saturated carbocycles. The third kappa shape index (κ3) is 7.67. The first-order valence-corrected chi connectivity index (χ1v) is 10.5. The van der Waals surface area contributed by atoms with Crippen molar-refractivity contribution in [3.05, 3.63) is 64.7 Å². The standard InChI is InChI=1S/C25H35N3O2.ClH/c1-24(2,3)19-14-20(25(4,5)6)16-21(15-19)28-23(30)18-10-8-17(9-11-18)22(29)27-13-7-12-26;/h8-11,14-16H,7,12-13,26H2,1-6H3,(H,27,29)(H,28,30);1H. The molecule has 0 aromatic heterocycles. The molecule has 4 N–H and O–H groups in total. The third-order valence-corrected chi connectivity index (χ3v) is 5.00. The number of hydrogen-bond acceptors (Lipinski definition) is 3. The van der Waals surface area contributed by atoms with Gasteiger partial charge in [-0.25, -0.2) is 0 Å². The zero-order valence-corrected chi connectivity index (χ0v) is 20.3. The molecule has 0 saturated heterocycles. The minimum absolute atomic E-state index is 0. The summed E-state index contributed by atoms with van der Waals surface area (Å²) in [5.74, 6) is -0.362. The maximum Gasteiger partial charge on any atom is 0.255 e. The fourth-order valence-corrected chi connectivity index (χ4v) is 2.95. The highest BCUT2D eigenvalue weighted by atomic mass is 35.5. The lowest BCUT2D eigenvalue weighted by Gasteiger charge is -2.26. The first kappa shape index (κ1) is 26.7. The van der Waals surface area contributed by atoms with Gasteiger partial charge in [-0.05, 0) is 71.3 Å². The Morgan fingerprint density at radius 2 is 1.26 bits per heavy atom. The van der Waals surface area contributed by atoms with Crippen molar-refractivity contribution < 1.29 is 9.59 Å². The van der Waals surface area contributed by atoms with Crippen LogP contribution in [0.4, 0.5) is 5.69 Å². The normalized spacial score (nSPS) is 11.5. The number of nitrogens with one attached hydrogen (secondary N) is 2. The number of nitrogens with two attached hydrogens (primary N) is 1. The molecule has 2 rings (SSSR count). The van der Waals surface area contributed by atoms with Crippen LogP contribution in [-0.4, -0.2) is 24.9 Å². The van der Waals surface area contributed by atoms with Gasteiger partial charge in [0.25, 0.3) is 11.8 Å². The Morgan fingerprint density at radius 3 is 1.68 bits per heavy atom. The molecule has 2 amide bonds. The lowest BCUT2D eigenvalue weighted by atomic mass is 9.80. The summed E-state index contributed by atoms with van der Waals surface area (Å²) < 4.78 is 0. The van der Waals surface area contributed by atoms with Crippen LogP contribution < -0.4 is 16.4 Å². The minimum atomic E-state index is -0.198. The molecule has 0 radical (unpaired) electrons. The van der Waals surface area contributed by atoms with Crippen molar-refractivity contribution in [1.29, 1.82) is 0 Å². The van der Waals surface area contributed by atoms with Crippen molar-refractivity contribution >= 4 is 29.9 Å². The van der Waals surface area contributed by atoms with Gasteiger partial charge in [-0.3, -0.25) is 9.59 Å². The molecule has 0 bridgehead atoms. The SMILES string of the molecule is CC(C)(C)c1cc(NC(=O)c2ccc(C(=O)NCCCN)cc2)cc(C(C)(C)C)c1.Cl. The van der Waals surface area contributed by atoms with Crippen LogP contribution in [-0.2, 0) is 10.8 Å². The van der Waals surface area contributed by atoms with Crippen molar-refractivity contribution in [2.45, 2.75) is 58.8 Å². The second-order valence-electron chi connectivity index (χ2n) is 9.73. The number of halogens is 1. The first-order valence-electron chi connectivity index (χ1n) is 10.5. The molecule has 170 valence electrons. The summed E-state index contributed by atoms with van der Waals surface area (Å²) in [6, 6.07) is 13.0. The number of benzene rings is 2. The van der Waals surface area contributed by atoms with Crippen molar-refractivity contribution in [1.82, 2.24) is 5.32 Å². The predicted molar refractivity (Wildman–Crippen MR) is 131 cm³/mol. The van der Waals surface area contributed by atoms with Gasteiger partial charge in [-0.2, -0.15) is 0 Å². The van der Waals surface area contributed by atoms with Crippen LogP contribution in [0.5, 0.6) is 0 Å². The Balaban J connectivity index is 0.00000480. The second kappa shape index (κ2) is 10.8. The number of carbonyl (C=O) groups excluding carboxylic acids is 2. The van der Waals surface area contributed by atoms with Gasteiger partial charge in [-0.1, -0.05) is 47.6 Å². The van der Waals surface area contributed by atoms with Crippen LogP contribution in [0, 0.1) is 0 Å². The first-order chi connectivity index (χ1) is 13.9. The van der Waals surface area contributed by atoms with Gasteiger partial charge >= 0.3 is 0 Å². The molecule has 31 heavy (non-hydrogen) atoms. The Hall–Kier alpha value is -2.37. The summed E-state index contributed by atoms with van der Waals surface area (Å²) in [6.45, 7) is 14.1. The Bertz CT molecular complexity index is 862. The fraction of sp³-hybridized carbons (Fsp3) is 0.440. The molecule has 0 aliphatic rings. The van der Waals surface area contributed by atoms with E-state index in [1.807, 2.05) is 12.1 Å². The number of carbonyl (C=O) groups is 2. The number of amides is 2. The molecular weight excluding hydrogens is 410 g/mol. The van der Waals surface area contributed by atoms with E-state index < -0.39 is 0 Å². The highest BCUT2D eigenvalue weighted by Crippen LogP contribution is 2.32. The second-order valence-corrected chi connectivity index (χ2v) is 9.73. The molecule has 0 heterocycles. The summed E-state index contributed by atoms with van der Waals surface area (Å²) >= 11 is 0. The number of rotatable bonds is 6. The highest BCUT2D eigenvalue weighted by molar-refractivity contribution is 6.05. The molecule has 6 heteroatoms. The van der Waals surface area contributed by atoms with Gasteiger partial charge in [0.05, 0.1) is 0 Å². The largest absolute Gasteiger partial charge is 0.352 e. The van der Waals surface area contributed by atoms with E-state index in [4.69, 9.17) is 5.73 Å². The third-order valence-electron chi connectivity index (χ3n) is 5.00. The Kier molecular flexibility index (Phi) is 9.27. The van der Waals surface area contributed by atoms with Gasteiger partial charge in [-0.15, -0.1) is 12.4 Å². The van der Waals surface area contributed by atoms with E-state index in [0.29, 0.717) is 24.2 Å². The van der Waals surface area contributed by atoms with Crippen molar-refractivity contribution in [2.24, 2.45) is 5.73 Å². The van der Waals surface area contributed by atoms with Crippen molar-refractivity contribution in [3.63, 3.8) is 0 Å². The molecule has 2 aromatic rings. The fourth-order valence-electron chi connectivity index (χ4n) is 2.95. The average Bonchev–Trinajstić information content (AvgIpc) is 2.66. The van der Waals surface area contributed by atoms with E-state index >= 15 is 0 Å². The zero-order valence-electron chi connectivity index (χ0n) is 19.5. The van der Waals surface area contributed by atoms with E-state index in [1.54, 1.807) is 24.3 Å². The van der Waals surface area contributed by atoms with Crippen molar-refractivity contribution in [2.75, 3.05) is 18.4 Å². The summed E-state index contributed by atoms with van der Waals surface area (Å²) in [7, 11) is 0. The summed E-state index contributed by atoms with van der Waals surface area (Å²) in [5.41, 5.74) is 9.54. The van der Waals surface area contributed by atoms with Crippen molar-refractivity contribution in [3.8, 4) is 0 Å². The Morgan fingerprint density at radius 1 is 0.806 bits per heavy atom. The van der Waals surface area contributed by atoms with E-state index in [1.165, 1.54) is 11.1 Å². The lowest BCUT2D eigenvalue weighted by Crippen LogP contribution is -2.26. The summed E-state index contributed by atoms with van der Waals surface area (Å²) in [5, 5.41) is 5.83. The summed E-state index contributed by atoms with van der Waals surface area (Å²) in [4.78, 5) is 24.9. The molecule has 5 nitrogen and oxygen atoms in total. The Labute approximate surface area is 192 Å². The highest BCUT2D eigenvalue weighted by Gasteiger charge is 2.21. The van der Waals surface area contributed by atoms with Gasteiger partial charge in [0.15, 0.2) is 0 Å². The summed E-state index contributed by atoms with van der Waals surface area (Å²) in [6.07, 6.45) is 0.733. The van der Waals surface area contributed by atoms with E-state index in [2.05, 4.69) is 58.2 Å². The molecule has 0 aliphatic carbocycles. The number of anilines is 1. The van der Waals surface area contributed by atoms with E-state index in [-0.39, 0.29) is 35.1 Å². The maximum atomic E-state index is 12.8. The van der Waals surface area contributed by atoms with Crippen LogP contribution >= 0.6 is 12.4 Å². The van der Waals surface area contributed by atoms with E-state index in [0.717, 1.165) is 12.1 Å². The van der Waals surface area contributed by atoms with Crippen LogP contribution in [0.1, 0.15) is 79.8 Å². The molecule has 0 aliphatic heterocycles. The van der Waals surface area contributed by atoms with E-state index in [9.17, 15) is 9.59 Å². The molecule has 0 fully saturated rings. The van der Waals surface area contributed by atoms with Gasteiger partial charge < -0.3 is 16.4 Å². The molecule has 2 aromatic carbocycles. The molecular formula is C25H36ClN3O2. The maximum absolute atomic E-state index is 12.8. The van der Waals surface area contributed by atoms with Gasteiger partial charge in [0, 0.05) is 23.4 Å². The van der Waals surface area contributed by atoms with Crippen LogP contribution in [0.2, 0.25) is 0 Å². The topological polar surface area (TPSA) is 84.2 Å². The minimum Gasteiger partial charge on any atom is -0.352 e. The van der Waals surface area contributed by atoms with Crippen LogP contribution in [0.15, 0.2) is 42.5 Å². The lowest BCUT2D eigenvalue weighted by molar-refractivity contribution is 0.0951. The zero-order chi connectivity index (χ0) is 22.5.